The van der Waals surface area contributed by atoms with Crippen molar-refractivity contribution in [1.29, 1.82) is 0 Å². The average Bonchev–Trinajstić information content (AvgIpc) is 2.79. The van der Waals surface area contributed by atoms with E-state index in [0.29, 0.717) is 23.1 Å². The number of likely N-dealkylation sites (N-methyl/N-ethyl adjacent to an activating group) is 1. The SMILES string of the molecule is Cc1cc(N2CCC(Nc3ncc4c(n3)N(C)C(c3cc(F)cc(F)c3)CO4)CC2)ncn1. The molecule has 172 valence electrons. The molecule has 1 aromatic carbocycles. The van der Waals surface area contributed by atoms with Gasteiger partial charge in [-0.3, -0.25) is 0 Å². The maximum absolute atomic E-state index is 13.7. The molecule has 1 unspecified atom stereocenters. The molecular formula is C23H25F2N7O. The Bertz CT molecular complexity index is 1130. The Kier molecular flexibility index (Phi) is 5.65. The van der Waals surface area contributed by atoms with E-state index in [9.17, 15) is 8.78 Å². The van der Waals surface area contributed by atoms with Gasteiger partial charge < -0.3 is 19.9 Å². The van der Waals surface area contributed by atoms with Crippen LogP contribution in [0.2, 0.25) is 0 Å². The number of ether oxygens (including phenoxy) is 1. The van der Waals surface area contributed by atoms with Gasteiger partial charge in [0.1, 0.15) is 30.4 Å². The highest BCUT2D eigenvalue weighted by atomic mass is 19.1. The van der Waals surface area contributed by atoms with Crippen molar-refractivity contribution >= 4 is 17.6 Å². The molecule has 5 rings (SSSR count). The minimum atomic E-state index is -0.613. The molecular weight excluding hydrogens is 428 g/mol. The van der Waals surface area contributed by atoms with Crippen LogP contribution in [0.1, 0.15) is 30.1 Å². The summed E-state index contributed by atoms with van der Waals surface area (Å²) >= 11 is 0. The summed E-state index contributed by atoms with van der Waals surface area (Å²) in [5.74, 6) is 1.36. The van der Waals surface area contributed by atoms with Crippen molar-refractivity contribution in [2.75, 3.05) is 41.9 Å². The largest absolute Gasteiger partial charge is 0.486 e. The van der Waals surface area contributed by atoms with Gasteiger partial charge in [0.15, 0.2) is 11.6 Å². The molecule has 1 N–H and O–H groups in total. The molecule has 2 aliphatic rings. The molecule has 4 heterocycles. The summed E-state index contributed by atoms with van der Waals surface area (Å²) in [4.78, 5) is 21.7. The summed E-state index contributed by atoms with van der Waals surface area (Å²) in [6.07, 6.45) is 5.07. The van der Waals surface area contributed by atoms with Crippen LogP contribution < -0.4 is 19.9 Å². The fourth-order valence-electron chi connectivity index (χ4n) is 4.35. The van der Waals surface area contributed by atoms with E-state index in [1.54, 1.807) is 12.5 Å². The number of hydrogen-bond acceptors (Lipinski definition) is 8. The second-order valence-electron chi connectivity index (χ2n) is 8.45. The molecule has 1 fully saturated rings. The van der Waals surface area contributed by atoms with Crippen molar-refractivity contribution in [2.24, 2.45) is 0 Å². The van der Waals surface area contributed by atoms with E-state index in [2.05, 4.69) is 30.2 Å². The van der Waals surface area contributed by atoms with Gasteiger partial charge in [-0.05, 0) is 37.5 Å². The van der Waals surface area contributed by atoms with Crippen LogP contribution in [0.5, 0.6) is 5.75 Å². The zero-order chi connectivity index (χ0) is 22.9. The molecule has 1 atom stereocenters. The Balaban J connectivity index is 1.27. The topological polar surface area (TPSA) is 79.3 Å². The monoisotopic (exact) mass is 453 g/mol. The maximum atomic E-state index is 13.7. The van der Waals surface area contributed by atoms with Crippen molar-refractivity contribution in [2.45, 2.75) is 31.8 Å². The normalized spacial score (nSPS) is 18.6. The molecule has 0 spiro atoms. The van der Waals surface area contributed by atoms with Crippen molar-refractivity contribution < 1.29 is 13.5 Å². The van der Waals surface area contributed by atoms with Crippen molar-refractivity contribution in [3.8, 4) is 5.75 Å². The quantitative estimate of drug-likeness (QED) is 0.643. The number of benzene rings is 1. The third kappa shape index (κ3) is 4.50. The summed E-state index contributed by atoms with van der Waals surface area (Å²) in [6, 6.07) is 5.38. The molecule has 0 aliphatic carbocycles. The second kappa shape index (κ2) is 8.76. The summed E-state index contributed by atoms with van der Waals surface area (Å²) in [7, 11) is 1.84. The first kappa shape index (κ1) is 21.3. The maximum Gasteiger partial charge on any atom is 0.225 e. The first-order valence-corrected chi connectivity index (χ1v) is 10.9. The molecule has 1 saturated heterocycles. The van der Waals surface area contributed by atoms with Crippen LogP contribution in [0.25, 0.3) is 0 Å². The van der Waals surface area contributed by atoms with Crippen LogP contribution in [0.4, 0.5) is 26.4 Å². The third-order valence-corrected chi connectivity index (χ3v) is 6.15. The zero-order valence-corrected chi connectivity index (χ0v) is 18.5. The van der Waals surface area contributed by atoms with Gasteiger partial charge in [0.25, 0.3) is 0 Å². The van der Waals surface area contributed by atoms with Crippen LogP contribution in [0.15, 0.2) is 36.8 Å². The smallest absolute Gasteiger partial charge is 0.225 e. The lowest BCUT2D eigenvalue weighted by molar-refractivity contribution is 0.264. The lowest BCUT2D eigenvalue weighted by Gasteiger charge is -2.35. The number of halogens is 2. The summed E-state index contributed by atoms with van der Waals surface area (Å²) < 4.78 is 33.3. The summed E-state index contributed by atoms with van der Waals surface area (Å²) in [5.41, 5.74) is 1.45. The fourth-order valence-corrected chi connectivity index (χ4v) is 4.35. The van der Waals surface area contributed by atoms with E-state index in [1.807, 2.05) is 24.9 Å². The van der Waals surface area contributed by atoms with Crippen LogP contribution in [0, 0.1) is 18.6 Å². The Morgan fingerprint density at radius 1 is 1.03 bits per heavy atom. The van der Waals surface area contributed by atoms with E-state index in [-0.39, 0.29) is 18.7 Å². The molecule has 0 amide bonds. The van der Waals surface area contributed by atoms with Gasteiger partial charge in [0, 0.05) is 44.0 Å². The number of rotatable bonds is 4. The van der Waals surface area contributed by atoms with Crippen molar-refractivity contribution in [1.82, 2.24) is 19.9 Å². The highest BCUT2D eigenvalue weighted by molar-refractivity contribution is 5.57. The van der Waals surface area contributed by atoms with E-state index in [4.69, 9.17) is 4.74 Å². The molecule has 33 heavy (non-hydrogen) atoms. The Morgan fingerprint density at radius 3 is 2.52 bits per heavy atom. The minimum Gasteiger partial charge on any atom is -0.486 e. The zero-order valence-electron chi connectivity index (χ0n) is 18.5. The van der Waals surface area contributed by atoms with Gasteiger partial charge in [-0.25, -0.2) is 23.7 Å². The van der Waals surface area contributed by atoms with Gasteiger partial charge in [0.05, 0.1) is 12.2 Å². The fraction of sp³-hybridized carbons (Fsp3) is 0.391. The number of aryl methyl sites for hydroxylation is 1. The molecule has 0 bridgehead atoms. The predicted octanol–water partition coefficient (Wildman–Crippen LogP) is 3.50. The number of piperidine rings is 1. The van der Waals surface area contributed by atoms with Crippen LogP contribution in [-0.4, -0.2) is 52.7 Å². The summed E-state index contributed by atoms with van der Waals surface area (Å²) in [6.45, 7) is 3.96. The van der Waals surface area contributed by atoms with E-state index in [0.717, 1.165) is 43.5 Å². The number of nitrogens with one attached hydrogen (secondary N) is 1. The van der Waals surface area contributed by atoms with Gasteiger partial charge in [-0.15, -0.1) is 0 Å². The average molecular weight is 453 g/mol. The number of hydrogen-bond donors (Lipinski definition) is 1. The highest BCUT2D eigenvalue weighted by Crippen LogP contribution is 2.37. The first-order chi connectivity index (χ1) is 16.0. The predicted molar refractivity (Wildman–Crippen MR) is 121 cm³/mol. The van der Waals surface area contributed by atoms with Crippen LogP contribution in [0.3, 0.4) is 0 Å². The van der Waals surface area contributed by atoms with Gasteiger partial charge in [0.2, 0.25) is 5.95 Å². The second-order valence-corrected chi connectivity index (χ2v) is 8.45. The first-order valence-electron chi connectivity index (χ1n) is 10.9. The molecule has 3 aromatic rings. The molecule has 2 aliphatic heterocycles. The number of aromatic nitrogens is 4. The third-order valence-electron chi connectivity index (χ3n) is 6.15. The number of nitrogens with zero attached hydrogens (tertiary/aromatic N) is 6. The van der Waals surface area contributed by atoms with Gasteiger partial charge in [-0.2, -0.15) is 4.98 Å². The molecule has 10 heteroatoms. The standard InChI is InChI=1S/C23H25F2N7O/c1-14-7-21(28-13-27-14)32-5-3-18(4-6-32)29-23-26-11-20-22(30-23)31(2)19(12-33-20)15-8-16(24)10-17(25)9-15/h7-11,13,18-19H,3-6,12H2,1-2H3,(H,26,29,30). The lowest BCUT2D eigenvalue weighted by Crippen LogP contribution is -2.40. The molecule has 2 aromatic heterocycles. The van der Waals surface area contributed by atoms with Gasteiger partial charge >= 0.3 is 0 Å². The molecule has 8 nitrogen and oxygen atoms in total. The number of anilines is 3. The van der Waals surface area contributed by atoms with Gasteiger partial charge in [-0.1, -0.05) is 0 Å². The van der Waals surface area contributed by atoms with E-state index >= 15 is 0 Å². The van der Waals surface area contributed by atoms with Crippen LogP contribution in [-0.2, 0) is 0 Å². The highest BCUT2D eigenvalue weighted by Gasteiger charge is 2.29. The van der Waals surface area contributed by atoms with E-state index < -0.39 is 11.6 Å². The van der Waals surface area contributed by atoms with Crippen LogP contribution >= 0.6 is 0 Å². The minimum absolute atomic E-state index is 0.227. The molecule has 0 saturated carbocycles. The van der Waals surface area contributed by atoms with Crippen molar-refractivity contribution in [3.05, 3.63) is 59.7 Å². The Hall–Kier alpha value is -3.56. The molecule has 0 radical (unpaired) electrons. The van der Waals surface area contributed by atoms with Crippen molar-refractivity contribution in [3.63, 3.8) is 0 Å². The lowest BCUT2D eigenvalue weighted by atomic mass is 10.0. The Morgan fingerprint density at radius 2 is 1.79 bits per heavy atom. The Labute approximate surface area is 190 Å². The van der Waals surface area contributed by atoms with E-state index in [1.165, 1.54) is 12.1 Å². The number of fused-ring (bicyclic) bond motifs is 1. The summed E-state index contributed by atoms with van der Waals surface area (Å²) in [5, 5.41) is 3.42.